The minimum atomic E-state index is -3.82. The number of aryl methyl sites for hydroxylation is 1. The highest BCUT2D eigenvalue weighted by atomic mass is 35.5. The predicted molar refractivity (Wildman–Crippen MR) is 118 cm³/mol. The van der Waals surface area contributed by atoms with Gasteiger partial charge >= 0.3 is 0 Å². The summed E-state index contributed by atoms with van der Waals surface area (Å²) in [7, 11) is -3.82. The fourth-order valence-corrected chi connectivity index (χ4v) is 5.83. The Morgan fingerprint density at radius 2 is 1.34 bits per heavy atom. The number of hydrogen-bond acceptors (Lipinski definition) is 5. The lowest BCUT2D eigenvalue weighted by Crippen LogP contribution is -2.10. The standard InChI is InChI=1S/C22H17ClN2O2S2/c1-16-12-14-19(15-13-16)29(26,27)21-20(23)28-22(24-21)25(17-8-4-2-5-9-17)18-10-6-3-7-11-18/h2-15H,1H3. The monoisotopic (exact) mass is 440 g/mol. The van der Waals surface area contributed by atoms with Crippen LogP contribution < -0.4 is 4.90 Å². The van der Waals surface area contributed by atoms with Crippen molar-refractivity contribution in [3.8, 4) is 0 Å². The van der Waals surface area contributed by atoms with Gasteiger partial charge in [-0.2, -0.15) is 0 Å². The average Bonchev–Trinajstić information content (AvgIpc) is 3.12. The first kappa shape index (κ1) is 19.6. The second kappa shape index (κ2) is 7.99. The van der Waals surface area contributed by atoms with E-state index in [1.54, 1.807) is 24.3 Å². The Hall–Kier alpha value is -2.67. The largest absolute Gasteiger partial charge is 0.286 e. The summed E-state index contributed by atoms with van der Waals surface area (Å²) in [5.41, 5.74) is 2.71. The number of sulfone groups is 1. The maximum absolute atomic E-state index is 13.1. The van der Waals surface area contributed by atoms with Crippen molar-refractivity contribution in [1.82, 2.24) is 4.98 Å². The molecule has 0 atom stereocenters. The number of anilines is 3. The predicted octanol–water partition coefficient (Wildman–Crippen LogP) is 6.41. The van der Waals surface area contributed by atoms with Gasteiger partial charge in [0.1, 0.15) is 4.34 Å². The Morgan fingerprint density at radius 1 is 0.828 bits per heavy atom. The van der Waals surface area contributed by atoms with E-state index in [0.29, 0.717) is 5.13 Å². The molecule has 0 saturated carbocycles. The minimum absolute atomic E-state index is 0.125. The van der Waals surface area contributed by atoms with Crippen LogP contribution in [-0.2, 0) is 9.84 Å². The van der Waals surface area contributed by atoms with Crippen molar-refractivity contribution in [2.24, 2.45) is 0 Å². The van der Waals surface area contributed by atoms with E-state index in [4.69, 9.17) is 11.6 Å². The third kappa shape index (κ3) is 3.92. The van der Waals surface area contributed by atoms with E-state index in [1.165, 1.54) is 0 Å². The molecule has 4 nitrogen and oxygen atoms in total. The summed E-state index contributed by atoms with van der Waals surface area (Å²) in [5, 5.41) is 0.359. The van der Waals surface area contributed by atoms with Crippen molar-refractivity contribution in [3.63, 3.8) is 0 Å². The van der Waals surface area contributed by atoms with Gasteiger partial charge in [0.05, 0.1) is 4.90 Å². The number of rotatable bonds is 5. The molecule has 0 aliphatic heterocycles. The first-order valence-electron chi connectivity index (χ1n) is 8.85. The van der Waals surface area contributed by atoms with Gasteiger partial charge in [-0.3, -0.25) is 4.90 Å². The van der Waals surface area contributed by atoms with Gasteiger partial charge in [-0.15, -0.1) is 0 Å². The molecule has 0 amide bonds. The number of nitrogens with zero attached hydrogens (tertiary/aromatic N) is 2. The second-order valence-corrected chi connectivity index (χ2v) is 9.84. The summed E-state index contributed by atoms with van der Waals surface area (Å²) >= 11 is 7.52. The summed E-state index contributed by atoms with van der Waals surface area (Å²) < 4.78 is 26.4. The highest BCUT2D eigenvalue weighted by Gasteiger charge is 2.28. The van der Waals surface area contributed by atoms with Crippen molar-refractivity contribution in [3.05, 3.63) is 94.8 Å². The smallest absolute Gasteiger partial charge is 0.226 e. The number of para-hydroxylation sites is 2. The number of halogens is 1. The fraction of sp³-hybridized carbons (Fsp3) is 0.0455. The topological polar surface area (TPSA) is 50.3 Å². The molecule has 1 aromatic heterocycles. The summed E-state index contributed by atoms with van der Waals surface area (Å²) in [4.78, 5) is 6.53. The van der Waals surface area contributed by atoms with Gasteiger partial charge in [0, 0.05) is 11.4 Å². The molecule has 0 spiro atoms. The van der Waals surface area contributed by atoms with E-state index in [0.717, 1.165) is 28.3 Å². The molecule has 1 heterocycles. The van der Waals surface area contributed by atoms with Crippen LogP contribution >= 0.6 is 22.9 Å². The molecule has 0 N–H and O–H groups in total. The van der Waals surface area contributed by atoms with Gasteiger partial charge < -0.3 is 0 Å². The van der Waals surface area contributed by atoms with Gasteiger partial charge in [0.2, 0.25) is 9.84 Å². The van der Waals surface area contributed by atoms with Crippen LogP contribution in [0.3, 0.4) is 0 Å². The third-order valence-corrected chi connectivity index (χ3v) is 7.53. The summed E-state index contributed by atoms with van der Waals surface area (Å²) in [6, 6.07) is 26.0. The number of aromatic nitrogens is 1. The SMILES string of the molecule is Cc1ccc(S(=O)(=O)c2nc(N(c3ccccc3)c3ccccc3)sc2Cl)cc1. The fourth-order valence-electron chi connectivity index (χ4n) is 2.89. The van der Waals surface area contributed by atoms with Crippen LogP contribution in [0.15, 0.2) is 94.9 Å². The highest BCUT2D eigenvalue weighted by molar-refractivity contribution is 7.91. The van der Waals surface area contributed by atoms with Crippen molar-refractivity contribution in [2.75, 3.05) is 4.90 Å². The molecule has 4 rings (SSSR count). The van der Waals surface area contributed by atoms with Crippen LogP contribution in [0.25, 0.3) is 0 Å². The summed E-state index contributed by atoms with van der Waals surface area (Å²) in [6.07, 6.45) is 0. The quantitative estimate of drug-likeness (QED) is 0.360. The van der Waals surface area contributed by atoms with Gasteiger partial charge in [-0.05, 0) is 43.3 Å². The van der Waals surface area contributed by atoms with E-state index in [9.17, 15) is 8.42 Å². The van der Waals surface area contributed by atoms with Crippen LogP contribution in [0.2, 0.25) is 4.34 Å². The summed E-state index contributed by atoms with van der Waals surface area (Å²) in [5.74, 6) is 0. The van der Waals surface area contributed by atoms with Crippen LogP contribution in [0.1, 0.15) is 5.56 Å². The van der Waals surface area contributed by atoms with Crippen LogP contribution in [0, 0.1) is 6.92 Å². The zero-order valence-corrected chi connectivity index (χ0v) is 17.9. The van der Waals surface area contributed by atoms with Gasteiger partial charge in [-0.25, -0.2) is 13.4 Å². The highest BCUT2D eigenvalue weighted by Crippen LogP contribution is 2.42. The third-order valence-electron chi connectivity index (χ3n) is 4.35. The lowest BCUT2D eigenvalue weighted by molar-refractivity contribution is 0.593. The molecule has 0 fully saturated rings. The Balaban J connectivity index is 1.84. The molecule has 29 heavy (non-hydrogen) atoms. The van der Waals surface area contributed by atoms with Crippen LogP contribution in [-0.4, -0.2) is 13.4 Å². The van der Waals surface area contributed by atoms with Crippen LogP contribution in [0.4, 0.5) is 16.5 Å². The molecular formula is C22H17ClN2O2S2. The number of hydrogen-bond donors (Lipinski definition) is 0. The zero-order valence-electron chi connectivity index (χ0n) is 15.5. The Morgan fingerprint density at radius 3 is 1.86 bits per heavy atom. The van der Waals surface area contributed by atoms with E-state index in [-0.39, 0.29) is 14.3 Å². The van der Waals surface area contributed by atoms with Crippen LogP contribution in [0.5, 0.6) is 0 Å². The van der Waals surface area contributed by atoms with Crippen molar-refractivity contribution >= 4 is 49.3 Å². The molecule has 7 heteroatoms. The lowest BCUT2D eigenvalue weighted by atomic mass is 10.2. The first-order valence-corrected chi connectivity index (χ1v) is 11.5. The minimum Gasteiger partial charge on any atom is -0.286 e. The summed E-state index contributed by atoms with van der Waals surface area (Å²) in [6.45, 7) is 1.90. The first-order chi connectivity index (χ1) is 14.0. The van der Waals surface area contributed by atoms with Gasteiger partial charge in [0.25, 0.3) is 0 Å². The molecule has 146 valence electrons. The van der Waals surface area contributed by atoms with E-state index < -0.39 is 9.84 Å². The van der Waals surface area contributed by atoms with Crippen molar-refractivity contribution in [1.29, 1.82) is 0 Å². The molecule has 0 unspecified atom stereocenters. The zero-order chi connectivity index (χ0) is 20.4. The second-order valence-electron chi connectivity index (χ2n) is 6.40. The maximum atomic E-state index is 13.1. The number of thiazole rings is 1. The van der Waals surface area contributed by atoms with Gasteiger partial charge in [0.15, 0.2) is 10.2 Å². The normalized spacial score (nSPS) is 11.4. The molecule has 4 aromatic rings. The Labute approximate surface area is 179 Å². The molecule has 0 bridgehead atoms. The maximum Gasteiger partial charge on any atom is 0.226 e. The van der Waals surface area contributed by atoms with Gasteiger partial charge in [-0.1, -0.05) is 77.0 Å². The molecule has 0 aliphatic carbocycles. The van der Waals surface area contributed by atoms with E-state index in [1.807, 2.05) is 72.5 Å². The average molecular weight is 441 g/mol. The van der Waals surface area contributed by atoms with Crippen molar-refractivity contribution in [2.45, 2.75) is 16.8 Å². The van der Waals surface area contributed by atoms with E-state index in [2.05, 4.69) is 4.98 Å². The number of benzene rings is 3. The molecule has 0 aliphatic rings. The molecule has 0 radical (unpaired) electrons. The lowest BCUT2D eigenvalue weighted by Gasteiger charge is -2.22. The Bertz CT molecular complexity index is 1180. The Kier molecular flexibility index (Phi) is 5.41. The molecule has 3 aromatic carbocycles. The van der Waals surface area contributed by atoms with Crippen molar-refractivity contribution < 1.29 is 8.42 Å². The molecule has 0 saturated heterocycles. The molecular weight excluding hydrogens is 424 g/mol. The van der Waals surface area contributed by atoms with E-state index >= 15 is 0 Å².